The van der Waals surface area contributed by atoms with Gasteiger partial charge in [-0.1, -0.05) is 50.6 Å². The molecule has 6 rings (SSSR count). The summed E-state index contributed by atoms with van der Waals surface area (Å²) < 4.78 is 1.32. The van der Waals surface area contributed by atoms with Crippen LogP contribution in [0.1, 0.15) is 38.3 Å². The van der Waals surface area contributed by atoms with E-state index in [1.165, 1.54) is 15.8 Å². The molecule has 168 valence electrons. The average molecular weight is 444 g/mol. The standard InChI is InChI=1S/C25H24N4O4/c1-3-14(2)20-23(32)28-18-11-7-5-9-16(18)25(33)12-19(22(31)29(20)24(25)28)27-13-26-17-10-6-4-8-15(17)21(27)30/h4-11,13-14,19-20,24,33H,3,12H2,1-2H3/t14-,19-,20+,24-,25+/m0/s1. The molecule has 3 aromatic rings. The van der Waals surface area contributed by atoms with Crippen molar-refractivity contribution in [3.63, 3.8) is 0 Å². The molecule has 0 bridgehead atoms. The van der Waals surface area contributed by atoms with Crippen LogP contribution in [0.2, 0.25) is 0 Å². The number of piperidine rings is 1. The zero-order valence-corrected chi connectivity index (χ0v) is 18.4. The van der Waals surface area contributed by atoms with Gasteiger partial charge in [-0.2, -0.15) is 0 Å². The number of hydrogen-bond acceptors (Lipinski definition) is 5. The number of aromatic nitrogens is 2. The molecule has 1 aromatic heterocycles. The summed E-state index contributed by atoms with van der Waals surface area (Å²) in [6.45, 7) is 3.92. The number of hydrogen-bond donors (Lipinski definition) is 1. The number of amides is 2. The van der Waals surface area contributed by atoms with Crippen LogP contribution in [0.25, 0.3) is 10.9 Å². The fraction of sp³-hybridized carbons (Fsp3) is 0.360. The second-order valence-corrected chi connectivity index (χ2v) is 9.29. The number of carbonyl (C=O) groups excluding carboxylic acids is 2. The maximum Gasteiger partial charge on any atom is 0.261 e. The molecule has 33 heavy (non-hydrogen) atoms. The van der Waals surface area contributed by atoms with Crippen LogP contribution < -0.4 is 10.5 Å². The molecule has 0 unspecified atom stereocenters. The first-order valence-corrected chi connectivity index (χ1v) is 11.3. The molecule has 1 N–H and O–H groups in total. The van der Waals surface area contributed by atoms with Crippen molar-refractivity contribution >= 4 is 28.4 Å². The van der Waals surface area contributed by atoms with E-state index in [9.17, 15) is 19.5 Å². The highest BCUT2D eigenvalue weighted by Gasteiger charge is 2.67. The van der Waals surface area contributed by atoms with Crippen LogP contribution in [-0.4, -0.2) is 43.6 Å². The predicted molar refractivity (Wildman–Crippen MR) is 121 cm³/mol. The number of fused-ring (bicyclic) bond motifs is 4. The molecule has 8 heteroatoms. The Morgan fingerprint density at radius 1 is 1.09 bits per heavy atom. The number of nitrogens with zero attached hydrogens (tertiary/aromatic N) is 4. The zero-order chi connectivity index (χ0) is 23.1. The molecular weight excluding hydrogens is 420 g/mol. The molecule has 0 aliphatic carbocycles. The zero-order valence-electron chi connectivity index (χ0n) is 18.4. The van der Waals surface area contributed by atoms with Crippen LogP contribution in [0.4, 0.5) is 5.69 Å². The molecule has 0 spiro atoms. The second kappa shape index (κ2) is 6.74. The molecule has 2 saturated heterocycles. The van der Waals surface area contributed by atoms with Crippen LogP contribution in [0.3, 0.4) is 0 Å². The number of para-hydroxylation sites is 2. The molecule has 2 amide bonds. The average Bonchev–Trinajstić information content (AvgIpc) is 3.29. The van der Waals surface area contributed by atoms with E-state index in [4.69, 9.17) is 0 Å². The third-order valence-electron chi connectivity index (χ3n) is 7.61. The fourth-order valence-corrected chi connectivity index (χ4v) is 5.83. The van der Waals surface area contributed by atoms with Gasteiger partial charge in [-0.3, -0.25) is 23.9 Å². The van der Waals surface area contributed by atoms with Gasteiger partial charge >= 0.3 is 0 Å². The van der Waals surface area contributed by atoms with Crippen molar-refractivity contribution in [3.05, 3.63) is 70.8 Å². The van der Waals surface area contributed by atoms with Crippen molar-refractivity contribution in [2.24, 2.45) is 5.92 Å². The number of anilines is 1. The normalized spacial score (nSPS) is 28.9. The van der Waals surface area contributed by atoms with E-state index in [2.05, 4.69) is 4.98 Å². The molecule has 2 aromatic carbocycles. The van der Waals surface area contributed by atoms with E-state index in [0.29, 0.717) is 28.6 Å². The van der Waals surface area contributed by atoms with Crippen molar-refractivity contribution in [1.29, 1.82) is 0 Å². The van der Waals surface area contributed by atoms with Gasteiger partial charge in [0.15, 0.2) is 0 Å². The van der Waals surface area contributed by atoms with Crippen molar-refractivity contribution in [2.75, 3.05) is 4.90 Å². The van der Waals surface area contributed by atoms with Gasteiger partial charge in [-0.05, 0) is 24.1 Å². The lowest BCUT2D eigenvalue weighted by atomic mass is 9.81. The Morgan fingerprint density at radius 3 is 2.61 bits per heavy atom. The van der Waals surface area contributed by atoms with Gasteiger partial charge in [-0.25, -0.2) is 4.98 Å². The van der Waals surface area contributed by atoms with Crippen LogP contribution in [-0.2, 0) is 15.2 Å². The lowest BCUT2D eigenvalue weighted by Crippen LogP contribution is -2.62. The predicted octanol–water partition coefficient (Wildman–Crippen LogP) is 2.16. The summed E-state index contributed by atoms with van der Waals surface area (Å²) >= 11 is 0. The Kier molecular flexibility index (Phi) is 4.11. The molecule has 2 fully saturated rings. The molecule has 3 aliphatic heterocycles. The van der Waals surface area contributed by atoms with E-state index < -0.39 is 23.9 Å². The highest BCUT2D eigenvalue weighted by molar-refractivity contribution is 6.07. The van der Waals surface area contributed by atoms with E-state index in [1.807, 2.05) is 32.0 Å². The van der Waals surface area contributed by atoms with Gasteiger partial charge in [-0.15, -0.1) is 0 Å². The monoisotopic (exact) mass is 444 g/mol. The van der Waals surface area contributed by atoms with Crippen molar-refractivity contribution in [1.82, 2.24) is 14.5 Å². The van der Waals surface area contributed by atoms with Gasteiger partial charge in [0.25, 0.3) is 11.5 Å². The summed E-state index contributed by atoms with van der Waals surface area (Å²) in [6, 6.07) is 12.6. The quantitative estimate of drug-likeness (QED) is 0.668. The highest BCUT2D eigenvalue weighted by Crippen LogP contribution is 2.56. The highest BCUT2D eigenvalue weighted by atomic mass is 16.3. The Morgan fingerprint density at radius 2 is 1.82 bits per heavy atom. The minimum Gasteiger partial charge on any atom is -0.381 e. The SMILES string of the molecule is CC[C@H](C)[C@@H]1C(=O)N2c3ccccc3[C@]3(O)C[C@H](n4cnc5ccccc5c4=O)C(=O)N1[C@H]23. The van der Waals surface area contributed by atoms with E-state index >= 15 is 0 Å². The topological polar surface area (TPSA) is 95.7 Å². The van der Waals surface area contributed by atoms with Gasteiger partial charge < -0.3 is 10.0 Å². The second-order valence-electron chi connectivity index (χ2n) is 9.29. The molecular formula is C25H24N4O4. The summed E-state index contributed by atoms with van der Waals surface area (Å²) in [5.41, 5.74) is -0.0453. The summed E-state index contributed by atoms with van der Waals surface area (Å²) in [7, 11) is 0. The molecule has 4 heterocycles. The van der Waals surface area contributed by atoms with Crippen LogP contribution in [0, 0.1) is 5.92 Å². The van der Waals surface area contributed by atoms with E-state index in [1.54, 1.807) is 35.2 Å². The number of carbonyl (C=O) groups is 2. The Bertz CT molecular complexity index is 1380. The first kappa shape index (κ1) is 20.1. The Hall–Kier alpha value is -3.52. The minimum atomic E-state index is -1.49. The van der Waals surface area contributed by atoms with Gasteiger partial charge in [0.05, 0.1) is 22.9 Å². The van der Waals surface area contributed by atoms with Crippen LogP contribution in [0.5, 0.6) is 0 Å². The summed E-state index contributed by atoms with van der Waals surface area (Å²) in [6.07, 6.45) is 1.25. The van der Waals surface area contributed by atoms with Crippen molar-refractivity contribution in [2.45, 2.75) is 50.5 Å². The third kappa shape index (κ3) is 2.44. The van der Waals surface area contributed by atoms with Crippen LogP contribution >= 0.6 is 0 Å². The van der Waals surface area contributed by atoms with Crippen LogP contribution in [0.15, 0.2) is 59.7 Å². The lowest BCUT2D eigenvalue weighted by Gasteiger charge is -2.45. The number of aliphatic hydroxyl groups is 1. The van der Waals surface area contributed by atoms with Gasteiger partial charge in [0.2, 0.25) is 5.91 Å². The Labute approximate surface area is 190 Å². The fourth-order valence-electron chi connectivity index (χ4n) is 5.83. The maximum absolute atomic E-state index is 13.9. The lowest BCUT2D eigenvalue weighted by molar-refractivity contribution is -0.160. The summed E-state index contributed by atoms with van der Waals surface area (Å²) in [5.74, 6) is -0.623. The summed E-state index contributed by atoms with van der Waals surface area (Å²) in [4.78, 5) is 48.4. The largest absolute Gasteiger partial charge is 0.381 e. The van der Waals surface area contributed by atoms with E-state index in [-0.39, 0.29) is 29.7 Å². The molecule has 5 atom stereocenters. The van der Waals surface area contributed by atoms with Gasteiger partial charge in [0, 0.05) is 12.0 Å². The molecule has 0 saturated carbocycles. The molecule has 3 aliphatic rings. The number of rotatable bonds is 3. The molecule has 8 nitrogen and oxygen atoms in total. The van der Waals surface area contributed by atoms with Gasteiger partial charge in [0.1, 0.15) is 23.9 Å². The molecule has 0 radical (unpaired) electrons. The minimum absolute atomic E-state index is 0.0130. The smallest absolute Gasteiger partial charge is 0.261 e. The Balaban J connectivity index is 1.57. The third-order valence-corrected chi connectivity index (χ3v) is 7.61. The van der Waals surface area contributed by atoms with Crippen molar-refractivity contribution < 1.29 is 14.7 Å². The summed E-state index contributed by atoms with van der Waals surface area (Å²) in [5, 5.41) is 12.5. The first-order valence-electron chi connectivity index (χ1n) is 11.3. The van der Waals surface area contributed by atoms with Crippen molar-refractivity contribution in [3.8, 4) is 0 Å². The first-order chi connectivity index (χ1) is 15.9. The number of benzene rings is 2. The van der Waals surface area contributed by atoms with E-state index in [0.717, 1.165) is 0 Å². The maximum atomic E-state index is 13.9.